The zero-order valence-corrected chi connectivity index (χ0v) is 18.5. The fraction of sp³-hybridized carbons (Fsp3) is 0.360. The summed E-state index contributed by atoms with van der Waals surface area (Å²) in [5.74, 6) is 0.107. The summed E-state index contributed by atoms with van der Waals surface area (Å²) >= 11 is 0. The van der Waals surface area contributed by atoms with Gasteiger partial charge in [0.05, 0.1) is 0 Å². The molecule has 0 radical (unpaired) electrons. The molecule has 1 aromatic carbocycles. The Hall–Kier alpha value is -3.08. The van der Waals surface area contributed by atoms with Crippen molar-refractivity contribution in [2.24, 2.45) is 5.92 Å². The molecule has 1 aliphatic rings. The molecule has 1 aliphatic heterocycles. The number of nitrogens with zero attached hydrogens (tertiary/aromatic N) is 2. The molecule has 0 bridgehead atoms. The largest absolute Gasteiger partial charge is 0.434 e. The molecule has 0 N–H and O–H groups in total. The Morgan fingerprint density at radius 3 is 2.37 bits per heavy atom. The molecule has 2 amide bonds. The van der Waals surface area contributed by atoms with Crippen molar-refractivity contribution in [3.05, 3.63) is 78.9 Å². The van der Waals surface area contributed by atoms with Crippen LogP contribution in [0.15, 0.2) is 67.8 Å². The minimum Gasteiger partial charge on any atom is -0.319 e. The number of carbonyl (C=O) groups excluding carboxylic acids is 2. The molecule has 30 heavy (non-hydrogen) atoms. The number of hydrogen-bond acceptors (Lipinski definition) is 3. The molecule has 0 aromatic heterocycles. The Morgan fingerprint density at radius 1 is 1.17 bits per heavy atom. The quantitative estimate of drug-likeness (QED) is 0.435. The van der Waals surface area contributed by atoms with Crippen LogP contribution in [-0.4, -0.2) is 42.1 Å². The fourth-order valence-corrected chi connectivity index (χ4v) is 3.28. The first-order chi connectivity index (χ1) is 14.5. The molecule has 0 atom stereocenters. The van der Waals surface area contributed by atoms with Gasteiger partial charge in [-0.05, 0) is 42.4 Å². The van der Waals surface area contributed by atoms with Gasteiger partial charge in [-0.3, -0.25) is 4.79 Å². The van der Waals surface area contributed by atoms with Gasteiger partial charge in [0.2, 0.25) is 0 Å². The summed E-state index contributed by atoms with van der Waals surface area (Å²) in [5, 5.41) is 0.986. The number of amides is 2. The maximum Gasteiger partial charge on any atom is 0.434 e. The molecule has 1 fully saturated rings. The molecule has 0 unspecified atom stereocenters. The number of benzene rings is 1. The number of carbonyl (C=O) groups is 2. The van der Waals surface area contributed by atoms with E-state index in [4.69, 9.17) is 4.84 Å². The lowest BCUT2D eigenvalue weighted by molar-refractivity contribution is -0.0677. The van der Waals surface area contributed by atoms with Gasteiger partial charge >= 0.3 is 6.09 Å². The molecule has 1 heterocycles. The minimum absolute atomic E-state index is 0.385. The fourth-order valence-electron chi connectivity index (χ4n) is 3.28. The van der Waals surface area contributed by atoms with Gasteiger partial charge in [0, 0.05) is 25.7 Å². The Labute approximate surface area is 181 Å². The van der Waals surface area contributed by atoms with Crippen LogP contribution in [-0.2, 0) is 4.84 Å². The second-order valence-electron chi connectivity index (χ2n) is 6.77. The summed E-state index contributed by atoms with van der Waals surface area (Å²) < 4.78 is 0. The van der Waals surface area contributed by atoms with Crippen LogP contribution < -0.4 is 0 Å². The van der Waals surface area contributed by atoms with Crippen LogP contribution in [0.5, 0.6) is 0 Å². The number of allylic oxidation sites excluding steroid dienone is 4. The second-order valence-corrected chi connectivity index (χ2v) is 6.77. The number of hydroxylamine groups is 2. The molecule has 5 heteroatoms. The van der Waals surface area contributed by atoms with Gasteiger partial charge in [0.25, 0.3) is 5.91 Å². The van der Waals surface area contributed by atoms with E-state index in [0.717, 1.165) is 29.9 Å². The first kappa shape index (κ1) is 25.0. The monoisotopic (exact) mass is 410 g/mol. The van der Waals surface area contributed by atoms with Gasteiger partial charge in [0.1, 0.15) is 0 Å². The van der Waals surface area contributed by atoms with Gasteiger partial charge < -0.3 is 9.74 Å². The van der Waals surface area contributed by atoms with Crippen molar-refractivity contribution in [1.29, 1.82) is 0 Å². The lowest BCUT2D eigenvalue weighted by atomic mass is 9.90. The molecule has 0 saturated carbocycles. The van der Waals surface area contributed by atoms with Gasteiger partial charge in [-0.1, -0.05) is 76.1 Å². The summed E-state index contributed by atoms with van der Waals surface area (Å²) in [6.07, 6.45) is 9.38. The van der Waals surface area contributed by atoms with Crippen LogP contribution in [0.1, 0.15) is 49.0 Å². The first-order valence-electron chi connectivity index (χ1n) is 10.4. The molecule has 5 nitrogen and oxygen atoms in total. The Balaban J connectivity index is 0.00000218. The lowest BCUT2D eigenvalue weighted by Crippen LogP contribution is -2.42. The predicted octanol–water partition coefficient (Wildman–Crippen LogP) is 5.88. The van der Waals surface area contributed by atoms with Crippen molar-refractivity contribution in [3.63, 3.8) is 0 Å². The van der Waals surface area contributed by atoms with E-state index in [2.05, 4.69) is 19.7 Å². The molecule has 162 valence electrons. The van der Waals surface area contributed by atoms with Gasteiger partial charge in [-0.25, -0.2) is 4.79 Å². The van der Waals surface area contributed by atoms with E-state index >= 15 is 0 Å². The summed E-state index contributed by atoms with van der Waals surface area (Å²) in [5.41, 5.74) is 2.29. The highest BCUT2D eigenvalue weighted by molar-refractivity contribution is 5.97. The molecule has 2 rings (SSSR count). The van der Waals surface area contributed by atoms with Gasteiger partial charge in [-0.2, -0.15) is 5.06 Å². The van der Waals surface area contributed by atoms with Crippen LogP contribution in [0.4, 0.5) is 4.79 Å². The number of piperidine rings is 1. The van der Waals surface area contributed by atoms with Crippen LogP contribution in [0, 0.1) is 5.92 Å². The van der Waals surface area contributed by atoms with E-state index in [-0.39, 0.29) is 5.91 Å². The third-order valence-corrected chi connectivity index (χ3v) is 4.90. The molecule has 1 saturated heterocycles. The van der Waals surface area contributed by atoms with E-state index in [9.17, 15) is 9.59 Å². The highest BCUT2D eigenvalue weighted by atomic mass is 16.7. The summed E-state index contributed by atoms with van der Waals surface area (Å²) in [6.45, 7) is 16.5. The smallest absolute Gasteiger partial charge is 0.319 e. The van der Waals surface area contributed by atoms with Crippen molar-refractivity contribution in [2.75, 3.05) is 20.1 Å². The van der Waals surface area contributed by atoms with Crippen LogP contribution >= 0.6 is 0 Å². The predicted molar refractivity (Wildman–Crippen MR) is 124 cm³/mol. The SMILES string of the molecule is C=C/C=C(\C=C)CC1CCN(C(=O)ON(C)C(=O)c2ccccc2C=C)CC1.CC. The van der Waals surface area contributed by atoms with Gasteiger partial charge in [0.15, 0.2) is 0 Å². The first-order valence-corrected chi connectivity index (χ1v) is 10.4. The Bertz CT molecular complexity index is 774. The van der Waals surface area contributed by atoms with E-state index in [0.29, 0.717) is 30.1 Å². The van der Waals surface area contributed by atoms with Crippen LogP contribution in [0.25, 0.3) is 6.08 Å². The van der Waals surface area contributed by atoms with Crippen molar-refractivity contribution < 1.29 is 14.4 Å². The Morgan fingerprint density at radius 2 is 1.80 bits per heavy atom. The summed E-state index contributed by atoms with van der Waals surface area (Å²) in [4.78, 5) is 31.9. The van der Waals surface area contributed by atoms with Crippen LogP contribution in [0.2, 0.25) is 0 Å². The zero-order valence-electron chi connectivity index (χ0n) is 18.5. The average Bonchev–Trinajstić information content (AvgIpc) is 2.79. The maximum atomic E-state index is 12.6. The normalized spacial score (nSPS) is 14.1. The zero-order chi connectivity index (χ0) is 22.5. The van der Waals surface area contributed by atoms with Crippen molar-refractivity contribution in [3.8, 4) is 0 Å². The van der Waals surface area contributed by atoms with Crippen molar-refractivity contribution in [2.45, 2.75) is 33.1 Å². The topological polar surface area (TPSA) is 49.9 Å². The average molecular weight is 411 g/mol. The molecular weight excluding hydrogens is 376 g/mol. The lowest BCUT2D eigenvalue weighted by Gasteiger charge is -2.32. The van der Waals surface area contributed by atoms with Crippen LogP contribution in [0.3, 0.4) is 0 Å². The molecular formula is C25H34N2O3. The standard InChI is InChI=1S/C23H28N2O3.C2H6/c1-5-10-18(6-2)17-19-13-15-25(16-14-19)23(27)28-24(4)22(26)21-12-9-8-11-20(21)7-3;1-2/h5-12,19H,1-3,13-17H2,4H3;1-2H3/b18-10+;. The van der Waals surface area contributed by atoms with E-state index in [1.54, 1.807) is 35.3 Å². The molecule has 0 spiro atoms. The van der Waals surface area contributed by atoms with E-state index in [1.165, 1.54) is 7.05 Å². The molecule has 1 aromatic rings. The minimum atomic E-state index is -0.504. The third-order valence-electron chi connectivity index (χ3n) is 4.90. The highest BCUT2D eigenvalue weighted by Gasteiger charge is 2.26. The summed E-state index contributed by atoms with van der Waals surface area (Å²) in [7, 11) is 1.45. The van der Waals surface area contributed by atoms with E-state index < -0.39 is 6.09 Å². The second kappa shape index (κ2) is 13.2. The summed E-state index contributed by atoms with van der Waals surface area (Å²) in [6, 6.07) is 7.06. The maximum absolute atomic E-state index is 12.6. The highest BCUT2D eigenvalue weighted by Crippen LogP contribution is 2.25. The Kier molecular flexibility index (Phi) is 11.0. The molecule has 0 aliphatic carbocycles. The van der Waals surface area contributed by atoms with Crippen molar-refractivity contribution in [1.82, 2.24) is 9.96 Å². The van der Waals surface area contributed by atoms with Crippen molar-refractivity contribution >= 4 is 18.1 Å². The third kappa shape index (κ3) is 7.07. The van der Waals surface area contributed by atoms with Gasteiger partial charge in [-0.15, -0.1) is 0 Å². The number of rotatable bonds is 6. The number of likely N-dealkylation sites (tertiary alicyclic amines) is 1. The number of hydrogen-bond donors (Lipinski definition) is 0. The van der Waals surface area contributed by atoms with E-state index in [1.807, 2.05) is 32.1 Å².